The van der Waals surface area contributed by atoms with Crippen LogP contribution < -0.4 is 0 Å². The minimum atomic E-state index is -2.47. The normalized spacial score (nSPS) is 15.2. The Hall–Kier alpha value is -5.75. The summed E-state index contributed by atoms with van der Waals surface area (Å²) in [5, 5.41) is 33.7. The molecular formula is C38H54O23. The third-order valence-corrected chi connectivity index (χ3v) is 6.98. The van der Waals surface area contributed by atoms with Crippen LogP contribution >= 0.6 is 0 Å². The molecule has 0 saturated heterocycles. The van der Waals surface area contributed by atoms with Gasteiger partial charge >= 0.3 is 53.7 Å². The Bertz CT molecular complexity index is 1690. The molecule has 0 aromatic heterocycles. The SMILES string of the molecule is CCCC(OC(O)C(OC(C)=O)=C(C)C(CCOC(C)=O)OC(O)C(OC(C)=O)=C(OC(C)=O)C(CCOC(C)=O)OC(C)=O)C(OC(C)=O)=C(OC(C)=O)C(O)OC(C)=O. The molecule has 0 heterocycles. The summed E-state index contributed by atoms with van der Waals surface area (Å²) in [5.74, 6) is -13.1. The second-order valence-corrected chi connectivity index (χ2v) is 12.5. The summed E-state index contributed by atoms with van der Waals surface area (Å²) in [7, 11) is 0. The number of hydrogen-bond acceptors (Lipinski definition) is 23. The van der Waals surface area contributed by atoms with Crippen LogP contribution in [0.4, 0.5) is 0 Å². The van der Waals surface area contributed by atoms with Gasteiger partial charge in [-0.05, 0) is 18.9 Å². The van der Waals surface area contributed by atoms with Crippen LogP contribution in [0.2, 0.25) is 0 Å². The van der Waals surface area contributed by atoms with Crippen LogP contribution in [-0.2, 0) is 95.3 Å². The zero-order valence-corrected chi connectivity index (χ0v) is 35.7. The Kier molecular flexibility index (Phi) is 25.3. The molecule has 6 unspecified atom stereocenters. The van der Waals surface area contributed by atoms with E-state index in [2.05, 4.69) is 0 Å². The third-order valence-electron chi connectivity index (χ3n) is 6.98. The highest BCUT2D eigenvalue weighted by molar-refractivity contribution is 5.71. The summed E-state index contributed by atoms with van der Waals surface area (Å²) >= 11 is 0. The van der Waals surface area contributed by atoms with Gasteiger partial charge in [-0.15, -0.1) is 0 Å². The molecule has 0 aliphatic heterocycles. The lowest BCUT2D eigenvalue weighted by atomic mass is 10.1. The zero-order valence-electron chi connectivity index (χ0n) is 35.7. The summed E-state index contributed by atoms with van der Waals surface area (Å²) in [5.41, 5.74) is -0.301. The van der Waals surface area contributed by atoms with E-state index in [1.165, 1.54) is 6.92 Å². The van der Waals surface area contributed by atoms with Crippen molar-refractivity contribution in [3.63, 3.8) is 0 Å². The van der Waals surface area contributed by atoms with Crippen molar-refractivity contribution in [2.24, 2.45) is 0 Å². The maximum absolute atomic E-state index is 12.5. The van der Waals surface area contributed by atoms with Crippen LogP contribution in [0.1, 0.15) is 102 Å². The van der Waals surface area contributed by atoms with Crippen LogP contribution in [0.3, 0.4) is 0 Å². The van der Waals surface area contributed by atoms with E-state index in [0.717, 1.165) is 62.3 Å². The molecule has 0 bridgehead atoms. The first-order chi connectivity index (χ1) is 28.3. The number of carbonyl (C=O) groups excluding carboxylic acids is 9. The van der Waals surface area contributed by atoms with Gasteiger partial charge in [0.2, 0.25) is 24.1 Å². The van der Waals surface area contributed by atoms with Gasteiger partial charge in [0, 0.05) is 75.2 Å². The lowest BCUT2D eigenvalue weighted by Gasteiger charge is -2.29. The van der Waals surface area contributed by atoms with E-state index < -0.39 is 146 Å². The lowest BCUT2D eigenvalue weighted by Crippen LogP contribution is -2.35. The predicted molar refractivity (Wildman–Crippen MR) is 198 cm³/mol. The molecular weight excluding hydrogens is 824 g/mol. The first-order valence-electron chi connectivity index (χ1n) is 18.4. The fourth-order valence-electron chi connectivity index (χ4n) is 4.87. The first-order valence-corrected chi connectivity index (χ1v) is 18.4. The van der Waals surface area contributed by atoms with E-state index >= 15 is 0 Å². The molecule has 0 aliphatic carbocycles. The quantitative estimate of drug-likeness (QED) is 0.0505. The summed E-state index contributed by atoms with van der Waals surface area (Å²) in [6.45, 7) is 10.5. The number of hydrogen-bond donors (Lipinski definition) is 3. The van der Waals surface area contributed by atoms with Crippen LogP contribution in [0.25, 0.3) is 0 Å². The van der Waals surface area contributed by atoms with E-state index in [9.17, 15) is 58.5 Å². The lowest BCUT2D eigenvalue weighted by molar-refractivity contribution is -0.175. The molecule has 0 aliphatic rings. The number of esters is 9. The average molecular weight is 879 g/mol. The van der Waals surface area contributed by atoms with Crippen molar-refractivity contribution in [2.45, 2.75) is 139 Å². The van der Waals surface area contributed by atoms with E-state index in [-0.39, 0.29) is 18.4 Å². The van der Waals surface area contributed by atoms with Crippen LogP contribution in [-0.4, -0.2) is 119 Å². The smallest absolute Gasteiger partial charge is 0.308 e. The molecule has 0 fully saturated rings. The topological polar surface area (TPSA) is 316 Å². The summed E-state index contributed by atoms with van der Waals surface area (Å²) in [6, 6.07) is 0. The minimum absolute atomic E-state index is 0.177. The van der Waals surface area contributed by atoms with Crippen LogP contribution in [0.5, 0.6) is 0 Å². The van der Waals surface area contributed by atoms with E-state index in [4.69, 9.17) is 52.1 Å². The van der Waals surface area contributed by atoms with Crippen molar-refractivity contribution in [1.82, 2.24) is 0 Å². The van der Waals surface area contributed by atoms with E-state index in [0.29, 0.717) is 0 Å². The molecule has 0 rings (SSSR count). The van der Waals surface area contributed by atoms with Crippen LogP contribution in [0.15, 0.2) is 34.4 Å². The van der Waals surface area contributed by atoms with Gasteiger partial charge in [-0.2, -0.15) is 0 Å². The maximum Gasteiger partial charge on any atom is 0.308 e. The van der Waals surface area contributed by atoms with Crippen molar-refractivity contribution in [2.75, 3.05) is 13.2 Å². The number of aliphatic hydroxyl groups is 3. The largest absolute Gasteiger partial charge is 0.466 e. The van der Waals surface area contributed by atoms with E-state index in [1.807, 2.05) is 0 Å². The highest BCUT2D eigenvalue weighted by atomic mass is 16.7. The Morgan fingerprint density at radius 3 is 1.11 bits per heavy atom. The van der Waals surface area contributed by atoms with Gasteiger partial charge in [-0.3, -0.25) is 43.2 Å². The zero-order chi connectivity index (χ0) is 47.1. The molecule has 23 nitrogen and oxygen atoms in total. The van der Waals surface area contributed by atoms with Crippen molar-refractivity contribution in [3.8, 4) is 0 Å². The first kappa shape index (κ1) is 55.2. The molecule has 0 amide bonds. The van der Waals surface area contributed by atoms with Gasteiger partial charge in [0.1, 0.15) is 6.10 Å². The molecule has 0 aromatic carbocycles. The van der Waals surface area contributed by atoms with Gasteiger partial charge in [0.15, 0.2) is 23.4 Å². The van der Waals surface area contributed by atoms with Crippen molar-refractivity contribution < 1.29 is 111 Å². The van der Waals surface area contributed by atoms with Crippen molar-refractivity contribution in [3.05, 3.63) is 34.4 Å². The molecule has 344 valence electrons. The standard InChI is InChI=1S/C38H54O23/c1-12-13-29(32(55-23(7)43)34(57-25(9)45)37(49)59-27(11)47)61-36(48)31(54-22(6)42)18(2)28(14-16-51-19(3)39)60-38(50)35(58-26(10)46)33(56-24(8)44)30(53-21(5)41)15-17-52-20(4)40/h28-30,36-38,48-50H,12-17H2,1-11H3. The molecule has 23 heteroatoms. The van der Waals surface area contributed by atoms with Gasteiger partial charge in [-0.1, -0.05) is 13.3 Å². The number of carbonyl (C=O) groups is 9. The van der Waals surface area contributed by atoms with Crippen LogP contribution in [0, 0.1) is 0 Å². The molecule has 0 spiro atoms. The minimum Gasteiger partial charge on any atom is -0.466 e. The van der Waals surface area contributed by atoms with Gasteiger partial charge in [0.05, 0.1) is 19.3 Å². The third kappa shape index (κ3) is 22.4. The molecule has 6 atom stereocenters. The second-order valence-electron chi connectivity index (χ2n) is 12.5. The summed E-state index contributed by atoms with van der Waals surface area (Å²) in [6.07, 6.45) is -13.0. The van der Waals surface area contributed by atoms with Crippen molar-refractivity contribution in [1.29, 1.82) is 0 Å². The summed E-state index contributed by atoms with van der Waals surface area (Å²) in [4.78, 5) is 108. The van der Waals surface area contributed by atoms with Gasteiger partial charge in [0.25, 0.3) is 6.29 Å². The highest BCUT2D eigenvalue weighted by Gasteiger charge is 2.37. The Morgan fingerprint density at radius 1 is 0.377 bits per heavy atom. The molecule has 61 heavy (non-hydrogen) atoms. The molecule has 3 N–H and O–H groups in total. The molecule has 0 saturated carbocycles. The Labute approximate surface area is 350 Å². The monoisotopic (exact) mass is 878 g/mol. The van der Waals surface area contributed by atoms with Crippen molar-refractivity contribution >= 4 is 53.7 Å². The summed E-state index contributed by atoms with van der Waals surface area (Å²) < 4.78 is 57.4. The fourth-order valence-corrected chi connectivity index (χ4v) is 4.87. The van der Waals surface area contributed by atoms with E-state index in [1.54, 1.807) is 6.92 Å². The van der Waals surface area contributed by atoms with Gasteiger partial charge in [-0.25, -0.2) is 0 Å². The maximum atomic E-state index is 12.5. The highest BCUT2D eigenvalue weighted by Crippen LogP contribution is 2.30. The number of rotatable bonds is 25. The fraction of sp³-hybridized carbons (Fsp3) is 0.605. The Balaban J connectivity index is 7.89. The molecule has 0 radical (unpaired) electrons. The average Bonchev–Trinajstić information content (AvgIpc) is 3.10. The Morgan fingerprint density at radius 2 is 0.721 bits per heavy atom. The predicted octanol–water partition coefficient (Wildman–Crippen LogP) is 1.43. The second kappa shape index (κ2) is 27.9. The number of ether oxygens (including phenoxy) is 11. The van der Waals surface area contributed by atoms with Gasteiger partial charge < -0.3 is 67.4 Å². The number of aliphatic hydroxyl groups excluding tert-OH is 3. The molecule has 0 aromatic rings.